The minimum absolute atomic E-state index is 0.00894. The van der Waals surface area contributed by atoms with Crippen LogP contribution in [0.15, 0.2) is 51.8 Å². The van der Waals surface area contributed by atoms with Crippen molar-refractivity contribution in [3.63, 3.8) is 0 Å². The molecular weight excluding hydrogens is 387 g/mol. The molecule has 0 saturated carbocycles. The highest BCUT2D eigenvalue weighted by molar-refractivity contribution is 9.10. The predicted molar refractivity (Wildman–Crippen MR) is 87.5 cm³/mol. The Hall–Kier alpha value is -1.77. The molecule has 0 radical (unpaired) electrons. The molecule has 0 aliphatic rings. The number of carbonyl (C=O) groups is 1. The normalized spacial score (nSPS) is 11.3. The number of carbonyl (C=O) groups excluding carboxylic acids is 1. The maximum atomic E-state index is 13.2. The molecule has 5 nitrogen and oxygen atoms in total. The zero-order valence-electron chi connectivity index (χ0n) is 11.9. The summed E-state index contributed by atoms with van der Waals surface area (Å²) in [5.41, 5.74) is 1.27. The molecule has 23 heavy (non-hydrogen) atoms. The van der Waals surface area contributed by atoms with Crippen LogP contribution in [-0.2, 0) is 27.8 Å². The second-order valence-electron chi connectivity index (χ2n) is 4.88. The van der Waals surface area contributed by atoms with Crippen LogP contribution in [0.5, 0.6) is 0 Å². The zero-order chi connectivity index (χ0) is 17.0. The molecule has 1 amide bonds. The Morgan fingerprint density at radius 2 is 1.83 bits per heavy atom. The fourth-order valence-corrected chi connectivity index (χ4v) is 2.82. The van der Waals surface area contributed by atoms with Crippen molar-refractivity contribution >= 4 is 31.9 Å². The van der Waals surface area contributed by atoms with Gasteiger partial charge in [-0.15, -0.1) is 0 Å². The Bertz CT molecular complexity index is 823. The summed E-state index contributed by atoms with van der Waals surface area (Å²) >= 11 is 3.29. The Balaban J connectivity index is 1.96. The highest BCUT2D eigenvalue weighted by Crippen LogP contribution is 2.17. The van der Waals surface area contributed by atoms with Crippen LogP contribution >= 0.6 is 15.9 Å². The lowest BCUT2D eigenvalue weighted by Crippen LogP contribution is -2.24. The molecule has 0 atom stereocenters. The maximum absolute atomic E-state index is 13.2. The van der Waals surface area contributed by atoms with Gasteiger partial charge in [-0.3, -0.25) is 4.79 Å². The van der Waals surface area contributed by atoms with Gasteiger partial charge in [0.15, 0.2) is 0 Å². The summed E-state index contributed by atoms with van der Waals surface area (Å²) in [5.74, 6) is -0.638. The summed E-state index contributed by atoms with van der Waals surface area (Å²) in [5, 5.41) is 7.69. The van der Waals surface area contributed by atoms with Gasteiger partial charge in [0.2, 0.25) is 15.9 Å². The topological polar surface area (TPSA) is 89.3 Å². The molecule has 2 rings (SSSR count). The van der Waals surface area contributed by atoms with Crippen LogP contribution in [0.2, 0.25) is 0 Å². The van der Waals surface area contributed by atoms with E-state index < -0.39 is 10.0 Å². The second kappa shape index (κ2) is 7.20. The van der Waals surface area contributed by atoms with Crippen LogP contribution in [0.1, 0.15) is 11.1 Å². The van der Waals surface area contributed by atoms with Crippen LogP contribution < -0.4 is 10.5 Å². The van der Waals surface area contributed by atoms with Crippen molar-refractivity contribution in [1.29, 1.82) is 0 Å². The lowest BCUT2D eigenvalue weighted by atomic mass is 10.1. The predicted octanol–water partition coefficient (Wildman–Crippen LogP) is 2.09. The molecule has 8 heteroatoms. The quantitative estimate of drug-likeness (QED) is 0.804. The van der Waals surface area contributed by atoms with Crippen LogP contribution in [0.4, 0.5) is 4.39 Å². The Morgan fingerprint density at radius 1 is 1.17 bits per heavy atom. The third-order valence-corrected chi connectivity index (χ3v) is 4.80. The molecule has 2 aromatic rings. The van der Waals surface area contributed by atoms with Crippen molar-refractivity contribution in [1.82, 2.24) is 5.32 Å². The van der Waals surface area contributed by atoms with Crippen LogP contribution in [0.25, 0.3) is 0 Å². The molecule has 0 fully saturated rings. The number of hydrogen-bond acceptors (Lipinski definition) is 3. The van der Waals surface area contributed by atoms with E-state index in [9.17, 15) is 17.6 Å². The van der Waals surface area contributed by atoms with Crippen LogP contribution in [0.3, 0.4) is 0 Å². The summed E-state index contributed by atoms with van der Waals surface area (Å²) in [6, 6.07) is 9.98. The monoisotopic (exact) mass is 400 g/mol. The van der Waals surface area contributed by atoms with Gasteiger partial charge in [0.05, 0.1) is 11.3 Å². The Morgan fingerprint density at radius 3 is 2.43 bits per heavy atom. The zero-order valence-corrected chi connectivity index (χ0v) is 14.3. The molecule has 0 bridgehead atoms. The van der Waals surface area contributed by atoms with E-state index in [1.165, 1.54) is 36.4 Å². The fraction of sp³-hybridized carbons (Fsp3) is 0.133. The second-order valence-corrected chi connectivity index (χ2v) is 7.29. The number of amides is 1. The SMILES string of the molecule is NS(=O)(=O)c1ccc(CC(=O)NCc2cc(F)ccc2Br)cc1. The van der Waals surface area contributed by atoms with Gasteiger partial charge in [-0.25, -0.2) is 17.9 Å². The third-order valence-electron chi connectivity index (χ3n) is 3.10. The standard InChI is InChI=1S/C15H14BrFN2O3S/c16-14-6-3-12(17)8-11(14)9-19-15(20)7-10-1-4-13(5-2-10)23(18,21)22/h1-6,8H,7,9H2,(H,19,20)(H2,18,21,22). The smallest absolute Gasteiger partial charge is 0.238 e. The number of sulfonamides is 1. The summed E-state index contributed by atoms with van der Waals surface area (Å²) < 4.78 is 36.2. The van der Waals surface area contributed by atoms with Crippen molar-refractivity contribution in [2.45, 2.75) is 17.9 Å². The molecule has 2 aromatic carbocycles. The molecule has 0 unspecified atom stereocenters. The number of primary sulfonamides is 1. The number of hydrogen-bond donors (Lipinski definition) is 2. The molecule has 0 heterocycles. The van der Waals surface area contributed by atoms with Crippen molar-refractivity contribution < 1.29 is 17.6 Å². The summed E-state index contributed by atoms with van der Waals surface area (Å²) in [4.78, 5) is 11.9. The molecule has 0 saturated heterocycles. The first-order valence-corrected chi connectivity index (χ1v) is 8.92. The van der Waals surface area contributed by atoms with E-state index in [-0.39, 0.29) is 29.6 Å². The van der Waals surface area contributed by atoms with Gasteiger partial charge < -0.3 is 5.32 Å². The average molecular weight is 401 g/mol. The van der Waals surface area contributed by atoms with Gasteiger partial charge in [0.25, 0.3) is 0 Å². The van der Waals surface area contributed by atoms with Crippen molar-refractivity contribution in [3.8, 4) is 0 Å². The minimum Gasteiger partial charge on any atom is -0.352 e. The van der Waals surface area contributed by atoms with E-state index in [4.69, 9.17) is 5.14 Å². The van der Waals surface area contributed by atoms with E-state index in [1.807, 2.05) is 0 Å². The summed E-state index contributed by atoms with van der Waals surface area (Å²) in [7, 11) is -3.74. The van der Waals surface area contributed by atoms with Gasteiger partial charge in [0.1, 0.15) is 5.82 Å². The maximum Gasteiger partial charge on any atom is 0.238 e. The summed E-state index contributed by atoms with van der Waals surface area (Å²) in [6.45, 7) is 0.187. The molecule has 0 aromatic heterocycles. The summed E-state index contributed by atoms with van der Waals surface area (Å²) in [6.07, 6.45) is 0.0812. The van der Waals surface area contributed by atoms with E-state index in [2.05, 4.69) is 21.2 Å². The lowest BCUT2D eigenvalue weighted by molar-refractivity contribution is -0.120. The first-order chi connectivity index (χ1) is 10.8. The minimum atomic E-state index is -3.74. The van der Waals surface area contributed by atoms with Gasteiger partial charge >= 0.3 is 0 Å². The van der Waals surface area contributed by atoms with Crippen LogP contribution in [0, 0.1) is 5.82 Å². The Labute approximate surface area is 141 Å². The van der Waals surface area contributed by atoms with Gasteiger partial charge in [-0.1, -0.05) is 28.1 Å². The van der Waals surface area contributed by atoms with Gasteiger partial charge in [-0.05, 0) is 41.5 Å². The largest absolute Gasteiger partial charge is 0.352 e. The van der Waals surface area contributed by atoms with E-state index >= 15 is 0 Å². The average Bonchev–Trinajstić information content (AvgIpc) is 2.48. The van der Waals surface area contributed by atoms with Crippen molar-refractivity contribution in [3.05, 3.63) is 63.9 Å². The van der Waals surface area contributed by atoms with Gasteiger partial charge in [-0.2, -0.15) is 0 Å². The number of nitrogens with one attached hydrogen (secondary N) is 1. The van der Waals surface area contributed by atoms with E-state index in [1.54, 1.807) is 6.07 Å². The van der Waals surface area contributed by atoms with Crippen molar-refractivity contribution in [2.75, 3.05) is 0 Å². The molecule has 0 aliphatic heterocycles. The molecule has 0 spiro atoms. The molecule has 3 N–H and O–H groups in total. The van der Waals surface area contributed by atoms with Crippen LogP contribution in [-0.4, -0.2) is 14.3 Å². The number of nitrogens with two attached hydrogens (primary N) is 1. The van der Waals surface area contributed by atoms with Gasteiger partial charge in [0, 0.05) is 11.0 Å². The number of halogens is 2. The third kappa shape index (κ3) is 5.12. The first-order valence-electron chi connectivity index (χ1n) is 6.58. The lowest BCUT2D eigenvalue weighted by Gasteiger charge is -2.08. The Kier molecular flexibility index (Phi) is 5.51. The molecule has 122 valence electrons. The number of rotatable bonds is 5. The van der Waals surface area contributed by atoms with Crippen molar-refractivity contribution in [2.24, 2.45) is 5.14 Å². The fourth-order valence-electron chi connectivity index (χ4n) is 1.92. The highest BCUT2D eigenvalue weighted by Gasteiger charge is 2.09. The van der Waals surface area contributed by atoms with E-state index in [0.717, 1.165) is 0 Å². The molecular formula is C15H14BrFN2O3S. The van der Waals surface area contributed by atoms with E-state index in [0.29, 0.717) is 15.6 Å². The number of benzene rings is 2. The first kappa shape index (κ1) is 17.6. The highest BCUT2D eigenvalue weighted by atomic mass is 79.9. The molecule has 0 aliphatic carbocycles.